The summed E-state index contributed by atoms with van der Waals surface area (Å²) in [6.45, 7) is 1.74. The first kappa shape index (κ1) is 26.1. The summed E-state index contributed by atoms with van der Waals surface area (Å²) in [6, 6.07) is 20.1. The van der Waals surface area contributed by atoms with Crippen molar-refractivity contribution < 1.29 is 26.4 Å². The van der Waals surface area contributed by atoms with E-state index < -0.39 is 26.0 Å². The van der Waals surface area contributed by atoms with E-state index in [9.17, 15) is 21.6 Å². The van der Waals surface area contributed by atoms with Crippen LogP contribution in [0.25, 0.3) is 21.8 Å². The molecule has 0 bridgehead atoms. The largest absolute Gasteiger partial charge is 0.462 e. The number of aromatic nitrogens is 2. The SMILES string of the molecule is CCOC(=O)c1ccc(NS(=O)(=O)c2cccc3cccnc23)c(NS(=O)(=O)c2cccc3cccnc23)c1. The van der Waals surface area contributed by atoms with E-state index in [-0.39, 0.29) is 44.4 Å². The van der Waals surface area contributed by atoms with Gasteiger partial charge in [-0.05, 0) is 49.4 Å². The van der Waals surface area contributed by atoms with Crippen LogP contribution in [0.3, 0.4) is 0 Å². The zero-order chi connectivity index (χ0) is 27.6. The maximum absolute atomic E-state index is 13.5. The number of anilines is 2. The molecule has 3 aromatic carbocycles. The van der Waals surface area contributed by atoms with Crippen LogP contribution < -0.4 is 9.44 Å². The molecule has 2 aromatic heterocycles. The number of hydrogen-bond acceptors (Lipinski definition) is 8. The Labute approximate surface area is 224 Å². The molecular weight excluding hydrogens is 540 g/mol. The second-order valence-electron chi connectivity index (χ2n) is 8.35. The highest BCUT2D eigenvalue weighted by atomic mass is 32.2. The van der Waals surface area contributed by atoms with E-state index in [0.29, 0.717) is 10.8 Å². The van der Waals surface area contributed by atoms with E-state index >= 15 is 0 Å². The van der Waals surface area contributed by atoms with Gasteiger partial charge in [-0.15, -0.1) is 0 Å². The predicted molar refractivity (Wildman–Crippen MR) is 148 cm³/mol. The lowest BCUT2D eigenvalue weighted by Crippen LogP contribution is -2.19. The van der Waals surface area contributed by atoms with Crippen LogP contribution in [0.5, 0.6) is 0 Å². The van der Waals surface area contributed by atoms with Gasteiger partial charge in [-0.3, -0.25) is 19.4 Å². The molecule has 5 rings (SSSR count). The van der Waals surface area contributed by atoms with E-state index in [2.05, 4.69) is 19.4 Å². The molecule has 0 atom stereocenters. The van der Waals surface area contributed by atoms with Gasteiger partial charge >= 0.3 is 5.97 Å². The highest BCUT2D eigenvalue weighted by Crippen LogP contribution is 2.31. The Bertz CT molecular complexity index is 1930. The maximum Gasteiger partial charge on any atom is 0.338 e. The van der Waals surface area contributed by atoms with Crippen molar-refractivity contribution in [2.45, 2.75) is 16.7 Å². The van der Waals surface area contributed by atoms with Crippen molar-refractivity contribution in [1.29, 1.82) is 0 Å². The summed E-state index contributed by atoms with van der Waals surface area (Å²) in [7, 11) is -8.52. The Hall–Kier alpha value is -4.55. The standard InChI is InChI=1S/C27H22N4O6S2/c1-2-37-27(32)20-13-14-21(30-38(33,34)23-11-3-7-18-9-5-15-28-25(18)23)22(17-20)31-39(35,36)24-12-4-8-19-10-6-16-29-26(19)24/h3-17,30-31H,2H2,1H3. The second-order valence-corrected chi connectivity index (χ2v) is 11.7. The maximum atomic E-state index is 13.5. The lowest BCUT2D eigenvalue weighted by molar-refractivity contribution is 0.0526. The third kappa shape index (κ3) is 5.24. The number of hydrogen-bond donors (Lipinski definition) is 2. The molecular formula is C27H22N4O6S2. The Kier molecular flexibility index (Phi) is 6.89. The van der Waals surface area contributed by atoms with Crippen LogP contribution >= 0.6 is 0 Å². The molecule has 10 nitrogen and oxygen atoms in total. The van der Waals surface area contributed by atoms with Crippen LogP contribution in [0.4, 0.5) is 11.4 Å². The first-order chi connectivity index (χ1) is 18.7. The number of sulfonamides is 2. The third-order valence-corrected chi connectivity index (χ3v) is 8.58. The van der Waals surface area contributed by atoms with Gasteiger partial charge in [0.15, 0.2) is 0 Å². The van der Waals surface area contributed by atoms with Crippen LogP contribution in [0, 0.1) is 0 Å². The van der Waals surface area contributed by atoms with Gasteiger partial charge in [-0.1, -0.05) is 36.4 Å². The number of nitrogens with zero attached hydrogens (tertiary/aromatic N) is 2. The fourth-order valence-corrected chi connectivity index (χ4v) is 6.56. The van der Waals surface area contributed by atoms with Crippen molar-refractivity contribution in [3.05, 3.63) is 96.8 Å². The van der Waals surface area contributed by atoms with Crippen LogP contribution in [0.2, 0.25) is 0 Å². The molecule has 0 saturated carbocycles. The van der Waals surface area contributed by atoms with E-state index in [0.717, 1.165) is 0 Å². The molecule has 0 spiro atoms. The number of ether oxygens (including phenoxy) is 1. The van der Waals surface area contributed by atoms with E-state index in [1.807, 2.05) is 0 Å². The van der Waals surface area contributed by atoms with Crippen molar-refractivity contribution in [2.75, 3.05) is 16.1 Å². The van der Waals surface area contributed by atoms with Gasteiger partial charge in [0, 0.05) is 23.2 Å². The molecule has 0 amide bonds. The fourth-order valence-electron chi connectivity index (χ4n) is 4.04. The molecule has 39 heavy (non-hydrogen) atoms. The molecule has 0 aliphatic rings. The van der Waals surface area contributed by atoms with E-state index in [1.165, 1.54) is 42.7 Å². The lowest BCUT2D eigenvalue weighted by Gasteiger charge is -2.17. The predicted octanol–water partition coefficient (Wildman–Crippen LogP) is 4.56. The average molecular weight is 563 g/mol. The summed E-state index contributed by atoms with van der Waals surface area (Å²) >= 11 is 0. The van der Waals surface area contributed by atoms with Crippen molar-refractivity contribution in [2.24, 2.45) is 0 Å². The molecule has 0 unspecified atom stereocenters. The number of rotatable bonds is 8. The van der Waals surface area contributed by atoms with Crippen LogP contribution in [0.1, 0.15) is 17.3 Å². The Morgan fingerprint density at radius 3 is 1.77 bits per heavy atom. The van der Waals surface area contributed by atoms with Crippen molar-refractivity contribution in [1.82, 2.24) is 9.97 Å². The topological polar surface area (TPSA) is 144 Å². The molecule has 0 radical (unpaired) electrons. The first-order valence-corrected chi connectivity index (χ1v) is 14.7. The highest BCUT2D eigenvalue weighted by Gasteiger charge is 2.24. The van der Waals surface area contributed by atoms with E-state index in [4.69, 9.17) is 4.74 Å². The van der Waals surface area contributed by atoms with Gasteiger partial charge in [0.1, 0.15) is 9.79 Å². The van der Waals surface area contributed by atoms with Crippen LogP contribution in [-0.4, -0.2) is 39.4 Å². The van der Waals surface area contributed by atoms with Crippen molar-refractivity contribution in [3.8, 4) is 0 Å². The van der Waals surface area contributed by atoms with E-state index in [1.54, 1.807) is 55.5 Å². The molecule has 0 aliphatic heterocycles. The molecule has 0 fully saturated rings. The number of esters is 1. The Balaban J connectivity index is 1.60. The van der Waals surface area contributed by atoms with Gasteiger partial charge in [0.2, 0.25) is 0 Å². The molecule has 0 aliphatic carbocycles. The number of fused-ring (bicyclic) bond motifs is 2. The summed E-state index contributed by atoms with van der Waals surface area (Å²) in [6.07, 6.45) is 2.95. The lowest BCUT2D eigenvalue weighted by atomic mass is 10.2. The highest BCUT2D eigenvalue weighted by molar-refractivity contribution is 7.93. The fraction of sp³-hybridized carbons (Fsp3) is 0.0741. The third-order valence-electron chi connectivity index (χ3n) is 5.79. The molecule has 198 valence electrons. The molecule has 0 saturated heterocycles. The van der Waals surface area contributed by atoms with Crippen molar-refractivity contribution >= 4 is 59.2 Å². The first-order valence-electron chi connectivity index (χ1n) is 11.7. The van der Waals surface area contributed by atoms with Gasteiger partial charge in [-0.25, -0.2) is 21.6 Å². The zero-order valence-electron chi connectivity index (χ0n) is 20.5. The minimum atomic E-state index is -4.28. The number of nitrogens with one attached hydrogen (secondary N) is 2. The van der Waals surface area contributed by atoms with Gasteiger partial charge < -0.3 is 4.74 Å². The van der Waals surface area contributed by atoms with Gasteiger partial charge in [-0.2, -0.15) is 0 Å². The minimum absolute atomic E-state index is 0.0281. The molecule has 5 aromatic rings. The Morgan fingerprint density at radius 2 is 1.23 bits per heavy atom. The minimum Gasteiger partial charge on any atom is -0.462 e. The summed E-state index contributed by atoms with van der Waals surface area (Å²) < 4.78 is 63.9. The Morgan fingerprint density at radius 1 is 0.718 bits per heavy atom. The summed E-state index contributed by atoms with van der Waals surface area (Å²) in [5.74, 6) is -0.697. The summed E-state index contributed by atoms with van der Waals surface area (Å²) in [5.41, 5.74) is 0.232. The number of carbonyl (C=O) groups is 1. The smallest absolute Gasteiger partial charge is 0.338 e. The molecule has 2 heterocycles. The number of benzene rings is 3. The number of para-hydroxylation sites is 2. The quantitative estimate of drug-likeness (QED) is 0.262. The monoisotopic (exact) mass is 562 g/mol. The second kappa shape index (κ2) is 10.3. The molecule has 2 N–H and O–H groups in total. The zero-order valence-corrected chi connectivity index (χ0v) is 22.2. The molecule has 12 heteroatoms. The average Bonchev–Trinajstić information content (AvgIpc) is 2.93. The number of pyridine rings is 2. The van der Waals surface area contributed by atoms with Crippen molar-refractivity contribution in [3.63, 3.8) is 0 Å². The number of carbonyl (C=O) groups excluding carboxylic acids is 1. The normalized spacial score (nSPS) is 11.8. The summed E-state index contributed by atoms with van der Waals surface area (Å²) in [4.78, 5) is 20.6. The van der Waals surface area contributed by atoms with Crippen LogP contribution in [-0.2, 0) is 24.8 Å². The van der Waals surface area contributed by atoms with Gasteiger partial charge in [0.05, 0.1) is 34.6 Å². The van der Waals surface area contributed by atoms with Gasteiger partial charge in [0.25, 0.3) is 20.0 Å². The van der Waals surface area contributed by atoms with Crippen LogP contribution in [0.15, 0.2) is 101 Å². The summed E-state index contributed by atoms with van der Waals surface area (Å²) in [5, 5.41) is 1.22.